The number of nitrogens with one attached hydrogen (secondary N) is 1. The highest BCUT2D eigenvalue weighted by molar-refractivity contribution is 7.98. The van der Waals surface area contributed by atoms with Gasteiger partial charge in [-0.3, -0.25) is 9.69 Å². The molecular formula is C26H31N3OS2. The van der Waals surface area contributed by atoms with Gasteiger partial charge in [-0.2, -0.15) is 0 Å². The van der Waals surface area contributed by atoms with Crippen LogP contribution in [0.1, 0.15) is 38.0 Å². The summed E-state index contributed by atoms with van der Waals surface area (Å²) in [5.74, 6) is -0.0528. The number of amides is 1. The summed E-state index contributed by atoms with van der Waals surface area (Å²) in [6, 6.07) is 18.5. The van der Waals surface area contributed by atoms with E-state index in [0.29, 0.717) is 5.56 Å². The SMILES string of the molecule is CSc1ccc([C@@H](c2c(NC(=O)c3ccccc3)sc(C)c2C)N2CCN(C)CC2)cc1. The van der Waals surface area contributed by atoms with Crippen LogP contribution in [0, 0.1) is 13.8 Å². The summed E-state index contributed by atoms with van der Waals surface area (Å²) < 4.78 is 0. The first kappa shape index (κ1) is 23.1. The second-order valence-electron chi connectivity index (χ2n) is 8.36. The van der Waals surface area contributed by atoms with Gasteiger partial charge in [-0.1, -0.05) is 30.3 Å². The third kappa shape index (κ3) is 4.94. The lowest BCUT2D eigenvalue weighted by Gasteiger charge is -2.39. The molecule has 2 heterocycles. The summed E-state index contributed by atoms with van der Waals surface area (Å²) in [5.41, 5.74) is 4.47. The van der Waals surface area contributed by atoms with Crippen molar-refractivity contribution in [2.75, 3.05) is 44.8 Å². The fraction of sp³-hybridized carbons (Fsp3) is 0.346. The van der Waals surface area contributed by atoms with E-state index in [2.05, 4.69) is 66.5 Å². The molecule has 1 aliphatic rings. The molecule has 0 bridgehead atoms. The minimum Gasteiger partial charge on any atom is -0.313 e. The number of hydrogen-bond donors (Lipinski definition) is 1. The summed E-state index contributed by atoms with van der Waals surface area (Å²) in [5, 5.41) is 4.21. The van der Waals surface area contributed by atoms with E-state index in [-0.39, 0.29) is 11.9 Å². The Morgan fingerprint density at radius 1 is 1.00 bits per heavy atom. The van der Waals surface area contributed by atoms with Gasteiger partial charge >= 0.3 is 0 Å². The van der Waals surface area contributed by atoms with Crippen LogP contribution in [0.5, 0.6) is 0 Å². The number of carbonyl (C=O) groups is 1. The zero-order chi connectivity index (χ0) is 22.7. The van der Waals surface area contributed by atoms with Crippen molar-refractivity contribution in [3.63, 3.8) is 0 Å². The third-order valence-electron chi connectivity index (χ3n) is 6.30. The Kier molecular flexibility index (Phi) is 7.36. The van der Waals surface area contributed by atoms with Gasteiger partial charge in [0.2, 0.25) is 0 Å². The quantitative estimate of drug-likeness (QED) is 0.476. The molecule has 1 aliphatic heterocycles. The number of likely N-dealkylation sites (N-methyl/N-ethyl adjacent to an activating group) is 1. The number of thiophene rings is 1. The van der Waals surface area contributed by atoms with Crippen LogP contribution in [-0.4, -0.2) is 55.2 Å². The molecular weight excluding hydrogens is 434 g/mol. The van der Waals surface area contributed by atoms with Crippen molar-refractivity contribution >= 4 is 34.0 Å². The highest BCUT2D eigenvalue weighted by Gasteiger charge is 2.31. The summed E-state index contributed by atoms with van der Waals surface area (Å²) in [6.45, 7) is 8.45. The number of aryl methyl sites for hydroxylation is 1. The van der Waals surface area contributed by atoms with Crippen LogP contribution in [0.15, 0.2) is 59.5 Å². The molecule has 32 heavy (non-hydrogen) atoms. The average Bonchev–Trinajstić information content (AvgIpc) is 3.09. The Hall–Kier alpha value is -2.12. The van der Waals surface area contributed by atoms with Crippen molar-refractivity contribution in [2.24, 2.45) is 0 Å². The molecule has 1 aromatic heterocycles. The van der Waals surface area contributed by atoms with Crippen LogP contribution >= 0.6 is 23.1 Å². The number of carbonyl (C=O) groups excluding carboxylic acids is 1. The van der Waals surface area contributed by atoms with Crippen molar-refractivity contribution < 1.29 is 4.79 Å². The van der Waals surface area contributed by atoms with Crippen LogP contribution < -0.4 is 5.32 Å². The van der Waals surface area contributed by atoms with Gasteiger partial charge in [0.25, 0.3) is 5.91 Å². The van der Waals surface area contributed by atoms with Crippen LogP contribution in [0.2, 0.25) is 0 Å². The van der Waals surface area contributed by atoms with Gasteiger partial charge < -0.3 is 10.2 Å². The molecule has 3 aromatic rings. The molecule has 4 rings (SSSR count). The Morgan fingerprint density at radius 3 is 2.28 bits per heavy atom. The van der Waals surface area contributed by atoms with Gasteiger partial charge in [0.05, 0.1) is 6.04 Å². The topological polar surface area (TPSA) is 35.6 Å². The first-order valence-corrected chi connectivity index (χ1v) is 13.0. The predicted molar refractivity (Wildman–Crippen MR) is 137 cm³/mol. The second-order valence-corrected chi connectivity index (χ2v) is 10.5. The third-order valence-corrected chi connectivity index (χ3v) is 8.18. The van der Waals surface area contributed by atoms with E-state index in [9.17, 15) is 4.79 Å². The first-order chi connectivity index (χ1) is 15.5. The Balaban J connectivity index is 1.75. The largest absolute Gasteiger partial charge is 0.313 e. The molecule has 0 unspecified atom stereocenters. The van der Waals surface area contributed by atoms with E-state index in [0.717, 1.165) is 31.2 Å². The van der Waals surface area contributed by atoms with Crippen molar-refractivity contribution in [1.82, 2.24) is 9.80 Å². The van der Waals surface area contributed by atoms with E-state index in [1.807, 2.05) is 30.3 Å². The van der Waals surface area contributed by atoms with Gasteiger partial charge in [0.1, 0.15) is 5.00 Å². The normalized spacial score (nSPS) is 16.1. The molecule has 1 N–H and O–H groups in total. The summed E-state index contributed by atoms with van der Waals surface area (Å²) in [7, 11) is 2.19. The zero-order valence-electron chi connectivity index (χ0n) is 19.2. The van der Waals surface area contributed by atoms with Gasteiger partial charge in [-0.25, -0.2) is 0 Å². The van der Waals surface area contributed by atoms with Gasteiger partial charge in [-0.05, 0) is 62.5 Å². The molecule has 0 spiro atoms. The average molecular weight is 466 g/mol. The van der Waals surface area contributed by atoms with Crippen molar-refractivity contribution in [2.45, 2.75) is 24.8 Å². The molecule has 1 atom stereocenters. The lowest BCUT2D eigenvalue weighted by Crippen LogP contribution is -2.46. The van der Waals surface area contributed by atoms with Crippen molar-refractivity contribution in [1.29, 1.82) is 0 Å². The lowest BCUT2D eigenvalue weighted by molar-refractivity contribution is 0.102. The molecule has 2 aromatic carbocycles. The number of benzene rings is 2. The highest BCUT2D eigenvalue weighted by atomic mass is 32.2. The number of nitrogens with zero attached hydrogens (tertiary/aromatic N) is 2. The van der Waals surface area contributed by atoms with Crippen LogP contribution in [-0.2, 0) is 0 Å². The molecule has 1 amide bonds. The molecule has 4 nitrogen and oxygen atoms in total. The van der Waals surface area contributed by atoms with Crippen LogP contribution in [0.4, 0.5) is 5.00 Å². The van der Waals surface area contributed by atoms with Crippen molar-refractivity contribution in [3.05, 3.63) is 81.7 Å². The maximum atomic E-state index is 13.0. The van der Waals surface area contributed by atoms with Crippen LogP contribution in [0.3, 0.4) is 0 Å². The van der Waals surface area contributed by atoms with Crippen molar-refractivity contribution in [3.8, 4) is 0 Å². The maximum Gasteiger partial charge on any atom is 0.256 e. The molecule has 0 aliphatic carbocycles. The van der Waals surface area contributed by atoms with Gasteiger partial charge in [0.15, 0.2) is 0 Å². The molecule has 0 saturated carbocycles. The lowest BCUT2D eigenvalue weighted by atomic mass is 9.94. The molecule has 168 valence electrons. The fourth-order valence-electron chi connectivity index (χ4n) is 4.26. The van der Waals surface area contributed by atoms with E-state index in [4.69, 9.17) is 0 Å². The van der Waals surface area contributed by atoms with E-state index in [1.54, 1.807) is 23.1 Å². The van der Waals surface area contributed by atoms with E-state index in [1.165, 1.54) is 26.5 Å². The zero-order valence-corrected chi connectivity index (χ0v) is 20.9. The first-order valence-electron chi connectivity index (χ1n) is 11.0. The Bertz CT molecular complexity index is 1050. The number of piperazine rings is 1. The monoisotopic (exact) mass is 465 g/mol. The molecule has 1 saturated heterocycles. The Labute approximate surface area is 199 Å². The van der Waals surface area contributed by atoms with Gasteiger partial charge in [0, 0.05) is 47.1 Å². The van der Waals surface area contributed by atoms with Gasteiger partial charge in [-0.15, -0.1) is 23.1 Å². The summed E-state index contributed by atoms with van der Waals surface area (Å²) in [4.78, 5) is 20.5. The number of anilines is 1. The second kappa shape index (κ2) is 10.2. The van der Waals surface area contributed by atoms with Crippen LogP contribution in [0.25, 0.3) is 0 Å². The van der Waals surface area contributed by atoms with E-state index < -0.39 is 0 Å². The number of rotatable bonds is 6. The maximum absolute atomic E-state index is 13.0. The summed E-state index contributed by atoms with van der Waals surface area (Å²) in [6.07, 6.45) is 2.11. The number of thioether (sulfide) groups is 1. The minimum atomic E-state index is -0.0528. The predicted octanol–water partition coefficient (Wildman–Crippen LogP) is 5.68. The molecule has 6 heteroatoms. The standard InChI is InChI=1S/C26H31N3OS2/c1-18-19(2)32-26(27-25(30)21-8-6-5-7-9-21)23(18)24(29-16-14-28(3)15-17-29)20-10-12-22(31-4)13-11-20/h5-13,24H,14-17H2,1-4H3,(H,27,30)/t24-/m0/s1. The molecule has 0 radical (unpaired) electrons. The fourth-order valence-corrected chi connectivity index (χ4v) is 5.75. The highest BCUT2D eigenvalue weighted by Crippen LogP contribution is 2.42. The number of hydrogen-bond acceptors (Lipinski definition) is 5. The van der Waals surface area contributed by atoms with E-state index >= 15 is 0 Å². The molecule has 1 fully saturated rings. The Morgan fingerprint density at radius 2 is 1.66 bits per heavy atom. The summed E-state index contributed by atoms with van der Waals surface area (Å²) >= 11 is 3.45. The smallest absolute Gasteiger partial charge is 0.256 e. The minimum absolute atomic E-state index is 0.0528.